The van der Waals surface area contributed by atoms with E-state index in [2.05, 4.69) is 20.5 Å². The Morgan fingerprint density at radius 1 is 1.38 bits per heavy atom. The highest BCUT2D eigenvalue weighted by atomic mass is 19.1. The minimum Gasteiger partial charge on any atom is -0.368 e. The Morgan fingerprint density at radius 2 is 2.19 bits per heavy atom. The maximum absolute atomic E-state index is 13.2. The van der Waals surface area contributed by atoms with Crippen LogP contribution in [0.1, 0.15) is 5.56 Å². The third-order valence-corrected chi connectivity index (χ3v) is 1.95. The summed E-state index contributed by atoms with van der Waals surface area (Å²) in [6.07, 6.45) is 0. The number of rotatable bonds is 3. The summed E-state index contributed by atoms with van der Waals surface area (Å²) in [5.41, 5.74) is 5.63. The molecule has 7 heteroatoms. The third-order valence-electron chi connectivity index (χ3n) is 1.95. The zero-order valence-corrected chi connectivity index (χ0v) is 8.17. The Labute approximate surface area is 89.7 Å². The summed E-state index contributed by atoms with van der Waals surface area (Å²) in [5.74, 6) is -0.789. The average molecular weight is 225 g/mol. The Balaban J connectivity index is 2.04. The molecule has 0 saturated carbocycles. The van der Waals surface area contributed by atoms with Crippen molar-refractivity contribution in [2.45, 2.75) is 6.54 Å². The molecule has 1 aromatic heterocycles. The van der Waals surface area contributed by atoms with Gasteiger partial charge in [0.25, 0.3) is 0 Å². The molecular formula is C9H9F2N5. The topological polar surface area (TPSA) is 79.6 Å². The van der Waals surface area contributed by atoms with Gasteiger partial charge in [-0.3, -0.25) is 0 Å². The van der Waals surface area contributed by atoms with E-state index in [1.165, 1.54) is 12.1 Å². The number of anilines is 2. The molecule has 2 aromatic rings. The Morgan fingerprint density at radius 3 is 2.81 bits per heavy atom. The second kappa shape index (κ2) is 4.13. The number of nitrogens with zero attached hydrogens (tertiary/aromatic N) is 2. The molecule has 0 amide bonds. The van der Waals surface area contributed by atoms with E-state index in [0.29, 0.717) is 5.56 Å². The molecule has 4 N–H and O–H groups in total. The van der Waals surface area contributed by atoms with Gasteiger partial charge in [0.05, 0.1) is 0 Å². The van der Waals surface area contributed by atoms with Crippen molar-refractivity contribution in [2.24, 2.45) is 0 Å². The van der Waals surface area contributed by atoms with Crippen LogP contribution < -0.4 is 11.1 Å². The highest BCUT2D eigenvalue weighted by Crippen LogP contribution is 2.11. The zero-order valence-electron chi connectivity index (χ0n) is 8.17. The fourth-order valence-electron chi connectivity index (χ4n) is 1.19. The molecule has 0 radical (unpaired) electrons. The summed E-state index contributed by atoms with van der Waals surface area (Å²) in [6.45, 7) is 0.156. The standard InChI is InChI=1S/C9H9F2N5/c10-6-2-1-5(7(11)3-6)4-13-9-14-8(12)15-16-9/h1-3H,4H2,(H4,12,13,14,15,16). The largest absolute Gasteiger partial charge is 0.368 e. The summed E-state index contributed by atoms with van der Waals surface area (Å²) in [4.78, 5) is 3.78. The molecule has 2 rings (SSSR count). The van der Waals surface area contributed by atoms with Gasteiger partial charge >= 0.3 is 0 Å². The number of nitrogen functional groups attached to an aromatic ring is 1. The number of hydrogen-bond donors (Lipinski definition) is 3. The van der Waals surface area contributed by atoms with Crippen molar-refractivity contribution >= 4 is 11.9 Å². The highest BCUT2D eigenvalue weighted by Gasteiger charge is 2.05. The fourth-order valence-corrected chi connectivity index (χ4v) is 1.19. The Kier molecular flexibility index (Phi) is 2.67. The van der Waals surface area contributed by atoms with Crippen molar-refractivity contribution in [2.75, 3.05) is 11.1 Å². The van der Waals surface area contributed by atoms with Crippen LogP contribution in [-0.4, -0.2) is 15.2 Å². The maximum atomic E-state index is 13.2. The average Bonchev–Trinajstić information content (AvgIpc) is 2.63. The fraction of sp³-hybridized carbons (Fsp3) is 0.111. The van der Waals surface area contributed by atoms with Gasteiger partial charge in [0.15, 0.2) is 0 Å². The van der Waals surface area contributed by atoms with Crippen molar-refractivity contribution < 1.29 is 8.78 Å². The molecule has 0 atom stereocenters. The van der Waals surface area contributed by atoms with E-state index in [0.717, 1.165) is 6.07 Å². The van der Waals surface area contributed by atoms with Gasteiger partial charge in [-0.05, 0) is 6.07 Å². The molecule has 0 spiro atoms. The number of nitrogens with one attached hydrogen (secondary N) is 2. The molecule has 0 aliphatic carbocycles. The molecule has 0 saturated heterocycles. The number of aromatic amines is 1. The predicted molar refractivity (Wildman–Crippen MR) is 54.5 cm³/mol. The lowest BCUT2D eigenvalue weighted by atomic mass is 10.2. The SMILES string of the molecule is Nc1nc(NCc2ccc(F)cc2F)n[nH]1. The number of nitrogens with two attached hydrogens (primary N) is 1. The lowest BCUT2D eigenvalue weighted by molar-refractivity contribution is 0.574. The first-order chi connectivity index (χ1) is 7.65. The molecule has 1 heterocycles. The van der Waals surface area contributed by atoms with E-state index in [9.17, 15) is 8.78 Å². The number of halogens is 2. The third kappa shape index (κ3) is 2.25. The van der Waals surface area contributed by atoms with Gasteiger partial charge in [-0.1, -0.05) is 6.07 Å². The Bertz CT molecular complexity index is 496. The minimum absolute atomic E-state index is 0.156. The van der Waals surface area contributed by atoms with Crippen molar-refractivity contribution in [3.63, 3.8) is 0 Å². The summed E-state index contributed by atoms with van der Waals surface area (Å²) in [7, 11) is 0. The summed E-state index contributed by atoms with van der Waals surface area (Å²) in [6, 6.07) is 3.36. The molecule has 1 aromatic carbocycles. The van der Waals surface area contributed by atoms with E-state index < -0.39 is 11.6 Å². The van der Waals surface area contributed by atoms with Crippen molar-refractivity contribution in [1.82, 2.24) is 15.2 Å². The van der Waals surface area contributed by atoms with Gasteiger partial charge in [0.2, 0.25) is 11.9 Å². The monoisotopic (exact) mass is 225 g/mol. The lowest BCUT2D eigenvalue weighted by Gasteiger charge is -2.03. The first-order valence-electron chi connectivity index (χ1n) is 4.51. The normalized spacial score (nSPS) is 10.4. The highest BCUT2D eigenvalue weighted by molar-refractivity contribution is 5.31. The molecule has 0 aliphatic heterocycles. The Hall–Kier alpha value is -2.18. The van der Waals surface area contributed by atoms with Gasteiger partial charge in [-0.2, -0.15) is 4.98 Å². The van der Waals surface area contributed by atoms with Crippen LogP contribution in [0, 0.1) is 11.6 Å². The van der Waals surface area contributed by atoms with Crippen molar-refractivity contribution in [3.05, 3.63) is 35.4 Å². The van der Waals surface area contributed by atoms with Crippen LogP contribution in [0.25, 0.3) is 0 Å². The first kappa shape index (κ1) is 10.3. The molecule has 0 unspecified atom stereocenters. The van der Waals surface area contributed by atoms with Crippen LogP contribution in [0.4, 0.5) is 20.7 Å². The van der Waals surface area contributed by atoms with E-state index in [1.54, 1.807) is 0 Å². The second-order valence-corrected chi connectivity index (χ2v) is 3.13. The van der Waals surface area contributed by atoms with E-state index in [4.69, 9.17) is 5.73 Å². The van der Waals surface area contributed by atoms with Crippen LogP contribution in [0.3, 0.4) is 0 Å². The smallest absolute Gasteiger partial charge is 0.243 e. The van der Waals surface area contributed by atoms with Gasteiger partial charge in [-0.15, -0.1) is 5.10 Å². The quantitative estimate of drug-likeness (QED) is 0.735. The summed E-state index contributed by atoms with van der Waals surface area (Å²) in [5, 5.41) is 8.88. The van der Waals surface area contributed by atoms with Crippen molar-refractivity contribution in [1.29, 1.82) is 0 Å². The van der Waals surface area contributed by atoms with Gasteiger partial charge in [-0.25, -0.2) is 13.9 Å². The molecular weight excluding hydrogens is 216 g/mol. The van der Waals surface area contributed by atoms with E-state index in [1.807, 2.05) is 0 Å². The minimum atomic E-state index is -0.615. The molecule has 0 fully saturated rings. The van der Waals surface area contributed by atoms with Crippen LogP contribution in [-0.2, 0) is 6.54 Å². The molecule has 16 heavy (non-hydrogen) atoms. The van der Waals surface area contributed by atoms with E-state index >= 15 is 0 Å². The summed E-state index contributed by atoms with van der Waals surface area (Å²) < 4.78 is 25.8. The van der Waals surface area contributed by atoms with Gasteiger partial charge in [0.1, 0.15) is 11.6 Å². The van der Waals surface area contributed by atoms with Gasteiger partial charge in [0, 0.05) is 18.2 Å². The van der Waals surface area contributed by atoms with Gasteiger partial charge < -0.3 is 11.1 Å². The predicted octanol–water partition coefficient (Wildman–Crippen LogP) is 1.28. The molecule has 0 bridgehead atoms. The zero-order chi connectivity index (χ0) is 11.5. The van der Waals surface area contributed by atoms with Crippen LogP contribution in [0.5, 0.6) is 0 Å². The van der Waals surface area contributed by atoms with Crippen LogP contribution in [0.15, 0.2) is 18.2 Å². The first-order valence-corrected chi connectivity index (χ1v) is 4.51. The molecule has 5 nitrogen and oxygen atoms in total. The van der Waals surface area contributed by atoms with Crippen LogP contribution >= 0.6 is 0 Å². The number of benzene rings is 1. The lowest BCUT2D eigenvalue weighted by Crippen LogP contribution is -2.03. The van der Waals surface area contributed by atoms with Crippen molar-refractivity contribution in [3.8, 4) is 0 Å². The number of hydrogen-bond acceptors (Lipinski definition) is 4. The van der Waals surface area contributed by atoms with E-state index in [-0.39, 0.29) is 18.4 Å². The van der Waals surface area contributed by atoms with Crippen LogP contribution in [0.2, 0.25) is 0 Å². The summed E-state index contributed by atoms with van der Waals surface area (Å²) >= 11 is 0. The molecule has 84 valence electrons. The second-order valence-electron chi connectivity index (χ2n) is 3.13. The number of H-pyrrole nitrogens is 1. The maximum Gasteiger partial charge on any atom is 0.243 e. The molecule has 0 aliphatic rings. The number of aromatic nitrogens is 3.